The van der Waals surface area contributed by atoms with E-state index in [1.165, 1.54) is 18.2 Å². The minimum absolute atomic E-state index is 0. The number of hydrogen-bond donors (Lipinski definition) is 5. The second kappa shape index (κ2) is 10.6. The SMILES string of the molecule is O=C(O)CC(O)(CC(=O)O)C(=O)O.O=C([O-])c1ccccc1O.[Na+]. The Hall–Kier alpha value is -2.14. The van der Waals surface area contributed by atoms with E-state index in [2.05, 4.69) is 0 Å². The number of rotatable bonds is 6. The molecule has 0 radical (unpaired) electrons. The van der Waals surface area contributed by atoms with Crippen LogP contribution in [0.2, 0.25) is 0 Å². The summed E-state index contributed by atoms with van der Waals surface area (Å²) >= 11 is 0. The fraction of sp³-hybridized carbons (Fsp3) is 0.231. The first-order chi connectivity index (χ1) is 10.5. The maximum Gasteiger partial charge on any atom is 1.00 e. The monoisotopic (exact) mass is 352 g/mol. The van der Waals surface area contributed by atoms with Crippen LogP contribution in [0, 0.1) is 0 Å². The molecular formula is C13H13NaO10. The first kappa shape index (κ1) is 24.1. The van der Waals surface area contributed by atoms with Crippen molar-refractivity contribution < 1.29 is 79.4 Å². The Morgan fingerprint density at radius 1 is 0.958 bits per heavy atom. The van der Waals surface area contributed by atoms with Crippen molar-refractivity contribution in [3.63, 3.8) is 0 Å². The number of aliphatic hydroxyl groups is 1. The van der Waals surface area contributed by atoms with E-state index < -0.39 is 42.3 Å². The molecule has 5 N–H and O–H groups in total. The molecule has 0 aliphatic rings. The van der Waals surface area contributed by atoms with Crippen molar-refractivity contribution in [2.75, 3.05) is 0 Å². The van der Waals surface area contributed by atoms with Crippen molar-refractivity contribution in [2.45, 2.75) is 18.4 Å². The summed E-state index contributed by atoms with van der Waals surface area (Å²) in [5, 5.41) is 52.8. The molecular weight excluding hydrogens is 339 g/mol. The summed E-state index contributed by atoms with van der Waals surface area (Å²) in [6, 6.07) is 5.64. The average molecular weight is 352 g/mol. The molecule has 11 heteroatoms. The van der Waals surface area contributed by atoms with Crippen molar-refractivity contribution >= 4 is 23.9 Å². The van der Waals surface area contributed by atoms with Gasteiger partial charge in [0.1, 0.15) is 5.75 Å². The average Bonchev–Trinajstić information content (AvgIpc) is 2.37. The smallest absolute Gasteiger partial charge is 0.545 e. The van der Waals surface area contributed by atoms with E-state index in [0.717, 1.165) is 0 Å². The molecule has 0 aliphatic heterocycles. The van der Waals surface area contributed by atoms with Crippen LogP contribution in [-0.4, -0.2) is 55.0 Å². The van der Waals surface area contributed by atoms with Crippen LogP contribution in [-0.2, 0) is 14.4 Å². The molecule has 0 amide bonds. The predicted octanol–water partition coefficient (Wildman–Crippen LogP) is -4.49. The summed E-state index contributed by atoms with van der Waals surface area (Å²) in [4.78, 5) is 40.6. The second-order valence-electron chi connectivity index (χ2n) is 4.28. The van der Waals surface area contributed by atoms with E-state index in [4.69, 9.17) is 25.5 Å². The zero-order valence-corrected chi connectivity index (χ0v) is 14.5. The largest absolute Gasteiger partial charge is 1.00 e. The molecule has 0 aromatic heterocycles. The number of carbonyl (C=O) groups excluding carboxylic acids is 1. The molecule has 0 saturated heterocycles. The third kappa shape index (κ3) is 8.48. The van der Waals surface area contributed by atoms with Crippen molar-refractivity contribution in [3.05, 3.63) is 29.8 Å². The summed E-state index contributed by atoms with van der Waals surface area (Å²) in [5.74, 6) is -6.64. The second-order valence-corrected chi connectivity index (χ2v) is 4.28. The van der Waals surface area contributed by atoms with E-state index in [-0.39, 0.29) is 40.9 Å². The number of carbonyl (C=O) groups is 4. The Bertz CT molecular complexity index is 597. The molecule has 1 aromatic carbocycles. The number of aromatic hydroxyl groups is 1. The first-order valence-electron chi connectivity index (χ1n) is 5.88. The summed E-state index contributed by atoms with van der Waals surface area (Å²) in [5.41, 5.74) is -2.92. The van der Waals surface area contributed by atoms with Gasteiger partial charge in [0.25, 0.3) is 0 Å². The van der Waals surface area contributed by atoms with Gasteiger partial charge in [-0.1, -0.05) is 12.1 Å². The Kier molecular flexibility index (Phi) is 10.7. The van der Waals surface area contributed by atoms with Gasteiger partial charge in [-0.05, 0) is 12.1 Å². The van der Waals surface area contributed by atoms with Crippen LogP contribution < -0.4 is 34.7 Å². The third-order valence-electron chi connectivity index (χ3n) is 2.41. The van der Waals surface area contributed by atoms with Gasteiger partial charge in [-0.3, -0.25) is 9.59 Å². The number of carboxylic acids is 4. The van der Waals surface area contributed by atoms with Crippen LogP contribution in [0.1, 0.15) is 23.2 Å². The molecule has 0 bridgehead atoms. The third-order valence-corrected chi connectivity index (χ3v) is 2.41. The molecule has 0 atom stereocenters. The van der Waals surface area contributed by atoms with Crippen LogP contribution >= 0.6 is 0 Å². The van der Waals surface area contributed by atoms with E-state index in [0.29, 0.717) is 0 Å². The zero-order valence-electron chi connectivity index (χ0n) is 12.5. The first-order valence-corrected chi connectivity index (χ1v) is 5.88. The van der Waals surface area contributed by atoms with Crippen molar-refractivity contribution in [2.24, 2.45) is 0 Å². The summed E-state index contributed by atoms with van der Waals surface area (Å²) in [6.45, 7) is 0. The van der Waals surface area contributed by atoms with Crippen LogP contribution in [0.5, 0.6) is 5.75 Å². The number of benzene rings is 1. The molecule has 0 saturated carbocycles. The van der Waals surface area contributed by atoms with Gasteiger partial charge in [-0.25, -0.2) is 4.79 Å². The minimum atomic E-state index is -2.74. The quantitative estimate of drug-likeness (QED) is 0.312. The molecule has 126 valence electrons. The number of aromatic carboxylic acids is 1. The Morgan fingerprint density at radius 2 is 1.38 bits per heavy atom. The Balaban J connectivity index is 0. The van der Waals surface area contributed by atoms with E-state index in [9.17, 15) is 24.3 Å². The fourth-order valence-corrected chi connectivity index (χ4v) is 1.36. The van der Waals surface area contributed by atoms with E-state index in [1.54, 1.807) is 6.07 Å². The molecule has 24 heavy (non-hydrogen) atoms. The summed E-state index contributed by atoms with van der Waals surface area (Å²) < 4.78 is 0. The van der Waals surface area contributed by atoms with Gasteiger partial charge in [0.15, 0.2) is 5.60 Å². The van der Waals surface area contributed by atoms with Crippen LogP contribution in [0.4, 0.5) is 0 Å². The van der Waals surface area contributed by atoms with Gasteiger partial charge >= 0.3 is 47.5 Å². The van der Waals surface area contributed by atoms with Gasteiger partial charge in [-0.15, -0.1) is 0 Å². The van der Waals surface area contributed by atoms with Crippen LogP contribution in [0.3, 0.4) is 0 Å². The van der Waals surface area contributed by atoms with Crippen molar-refractivity contribution in [1.29, 1.82) is 0 Å². The normalized spacial score (nSPS) is 9.71. The molecule has 0 aliphatic carbocycles. The Morgan fingerprint density at radius 3 is 1.62 bits per heavy atom. The molecule has 0 unspecified atom stereocenters. The standard InChI is InChI=1S/C7H6O3.C6H8O7.Na/c8-6-4-2-1-3-5(6)7(9)10;7-3(8)1-6(13,5(11)12)2-4(9)10;/h1-4,8H,(H,9,10);13H,1-2H2,(H,7,8)(H,9,10)(H,11,12);/q;;+1/p-1. The van der Waals surface area contributed by atoms with Crippen LogP contribution in [0.15, 0.2) is 24.3 Å². The molecule has 1 rings (SSSR count). The van der Waals surface area contributed by atoms with Gasteiger partial charge in [-0.2, -0.15) is 0 Å². The fourth-order valence-electron chi connectivity index (χ4n) is 1.36. The van der Waals surface area contributed by atoms with Crippen LogP contribution in [0.25, 0.3) is 0 Å². The summed E-state index contributed by atoms with van der Waals surface area (Å²) in [6.07, 6.45) is -2.29. The maximum absolute atomic E-state index is 10.3. The van der Waals surface area contributed by atoms with Gasteiger partial charge < -0.3 is 35.4 Å². The van der Waals surface area contributed by atoms with Gasteiger partial charge in [0.2, 0.25) is 0 Å². The van der Waals surface area contributed by atoms with Crippen molar-refractivity contribution in [3.8, 4) is 5.75 Å². The number of aliphatic carboxylic acids is 3. The van der Waals surface area contributed by atoms with Gasteiger partial charge in [0, 0.05) is 5.56 Å². The zero-order chi connectivity index (χ0) is 18.2. The topological polar surface area (TPSA) is 192 Å². The molecule has 0 spiro atoms. The van der Waals surface area contributed by atoms with E-state index in [1.807, 2.05) is 0 Å². The minimum Gasteiger partial charge on any atom is -0.545 e. The van der Waals surface area contributed by atoms with E-state index >= 15 is 0 Å². The molecule has 0 heterocycles. The molecule has 0 fully saturated rings. The maximum atomic E-state index is 10.3. The number of hydrogen-bond acceptors (Lipinski definition) is 7. The number of phenols is 1. The predicted molar refractivity (Wildman–Crippen MR) is 69.5 cm³/mol. The Labute approximate surface area is 157 Å². The molecule has 1 aromatic rings. The number of para-hydroxylation sites is 1. The van der Waals surface area contributed by atoms with Gasteiger partial charge in [0.05, 0.1) is 18.8 Å². The van der Waals surface area contributed by atoms with Crippen molar-refractivity contribution in [1.82, 2.24) is 0 Å². The molecule has 10 nitrogen and oxygen atoms in total. The number of carboxylic acid groups (broad SMARTS) is 4. The summed E-state index contributed by atoms with van der Waals surface area (Å²) in [7, 11) is 0.